The molecule has 86 valence electrons. The average molecular weight is 218 g/mol. The molecule has 3 heteroatoms. The molecule has 3 nitrogen and oxygen atoms in total. The van der Waals surface area contributed by atoms with Crippen molar-refractivity contribution in [3.63, 3.8) is 0 Å². The topological polar surface area (TPSA) is 41.1 Å². The molecule has 0 aliphatic carbocycles. The molecule has 1 aromatic carbocycles. The Morgan fingerprint density at radius 1 is 1.31 bits per heavy atom. The molecule has 2 rings (SSSR count). The Balaban J connectivity index is 2.37. The molecule has 1 aromatic rings. The zero-order chi connectivity index (χ0) is 11.8. The summed E-state index contributed by atoms with van der Waals surface area (Å²) in [5, 5.41) is 6.30. The molecule has 16 heavy (non-hydrogen) atoms. The van der Waals surface area contributed by atoms with E-state index < -0.39 is 0 Å². The summed E-state index contributed by atoms with van der Waals surface area (Å²) in [6.45, 7) is 6.67. The predicted molar refractivity (Wildman–Crippen MR) is 66.7 cm³/mol. The second-order valence-corrected chi connectivity index (χ2v) is 4.93. The third-order valence-electron chi connectivity index (χ3n) is 3.08. The SMILES string of the molecule is CCc1ccc2c(c1)NC(=O)C(C)(C)CN2. The summed E-state index contributed by atoms with van der Waals surface area (Å²) in [5.41, 5.74) is 2.78. The fraction of sp³-hybridized carbons (Fsp3) is 0.462. The maximum absolute atomic E-state index is 11.9. The van der Waals surface area contributed by atoms with Gasteiger partial charge in [0.1, 0.15) is 0 Å². The van der Waals surface area contributed by atoms with Gasteiger partial charge in [-0.15, -0.1) is 0 Å². The molecule has 0 spiro atoms. The van der Waals surface area contributed by atoms with Crippen molar-refractivity contribution in [1.29, 1.82) is 0 Å². The molecular formula is C13H18N2O. The van der Waals surface area contributed by atoms with Gasteiger partial charge in [-0.25, -0.2) is 0 Å². The molecule has 0 saturated heterocycles. The molecular weight excluding hydrogens is 200 g/mol. The van der Waals surface area contributed by atoms with Gasteiger partial charge in [-0.3, -0.25) is 4.79 Å². The average Bonchev–Trinajstić information content (AvgIpc) is 2.36. The quantitative estimate of drug-likeness (QED) is 0.760. The Bertz CT molecular complexity index is 424. The third-order valence-corrected chi connectivity index (χ3v) is 3.08. The van der Waals surface area contributed by atoms with Gasteiger partial charge >= 0.3 is 0 Å². The Morgan fingerprint density at radius 2 is 2.06 bits per heavy atom. The molecule has 1 heterocycles. The van der Waals surface area contributed by atoms with E-state index in [1.807, 2.05) is 26.0 Å². The van der Waals surface area contributed by atoms with E-state index in [9.17, 15) is 4.79 Å². The zero-order valence-corrected chi connectivity index (χ0v) is 10.1. The second-order valence-electron chi connectivity index (χ2n) is 4.93. The molecule has 0 aromatic heterocycles. The summed E-state index contributed by atoms with van der Waals surface area (Å²) in [6, 6.07) is 6.17. The second kappa shape index (κ2) is 3.81. The third kappa shape index (κ3) is 1.90. The van der Waals surface area contributed by atoms with E-state index in [1.165, 1.54) is 5.56 Å². The lowest BCUT2D eigenvalue weighted by Crippen LogP contribution is -2.34. The standard InChI is InChI=1S/C13H18N2O/c1-4-9-5-6-10-11(7-9)15-12(16)13(2,3)8-14-10/h5-7,14H,4,8H2,1-3H3,(H,15,16). The number of hydrogen-bond donors (Lipinski definition) is 2. The molecule has 0 fully saturated rings. The van der Waals surface area contributed by atoms with Crippen molar-refractivity contribution in [2.45, 2.75) is 27.2 Å². The van der Waals surface area contributed by atoms with E-state index in [0.29, 0.717) is 6.54 Å². The number of amides is 1. The van der Waals surface area contributed by atoms with Gasteiger partial charge in [-0.05, 0) is 38.0 Å². The van der Waals surface area contributed by atoms with Crippen molar-refractivity contribution in [3.05, 3.63) is 23.8 Å². The minimum atomic E-state index is -0.370. The summed E-state index contributed by atoms with van der Waals surface area (Å²) < 4.78 is 0. The van der Waals surface area contributed by atoms with Gasteiger partial charge in [-0.1, -0.05) is 13.0 Å². The van der Waals surface area contributed by atoms with Crippen LogP contribution in [0.2, 0.25) is 0 Å². The summed E-state index contributed by atoms with van der Waals surface area (Å²) in [4.78, 5) is 11.9. The highest BCUT2D eigenvalue weighted by Crippen LogP contribution is 2.30. The van der Waals surface area contributed by atoms with E-state index in [2.05, 4.69) is 23.6 Å². The van der Waals surface area contributed by atoms with E-state index in [-0.39, 0.29) is 11.3 Å². The van der Waals surface area contributed by atoms with Crippen LogP contribution in [-0.2, 0) is 11.2 Å². The van der Waals surface area contributed by atoms with Crippen molar-refractivity contribution >= 4 is 17.3 Å². The molecule has 0 atom stereocenters. The number of anilines is 2. The van der Waals surface area contributed by atoms with Crippen LogP contribution in [0.4, 0.5) is 11.4 Å². The number of hydrogen-bond acceptors (Lipinski definition) is 2. The first-order valence-corrected chi connectivity index (χ1v) is 5.71. The smallest absolute Gasteiger partial charge is 0.231 e. The first kappa shape index (κ1) is 11.0. The van der Waals surface area contributed by atoms with E-state index in [1.54, 1.807) is 0 Å². The molecule has 0 saturated carbocycles. The highest BCUT2D eigenvalue weighted by Gasteiger charge is 2.30. The van der Waals surface area contributed by atoms with Crippen LogP contribution in [0.5, 0.6) is 0 Å². The largest absolute Gasteiger partial charge is 0.382 e. The van der Waals surface area contributed by atoms with Crippen LogP contribution in [-0.4, -0.2) is 12.5 Å². The molecule has 1 aliphatic rings. The number of nitrogens with one attached hydrogen (secondary N) is 2. The molecule has 0 bridgehead atoms. The lowest BCUT2D eigenvalue weighted by atomic mass is 9.93. The molecule has 0 radical (unpaired) electrons. The number of carbonyl (C=O) groups is 1. The number of fused-ring (bicyclic) bond motifs is 1. The molecule has 2 N–H and O–H groups in total. The monoisotopic (exact) mass is 218 g/mol. The van der Waals surface area contributed by atoms with Gasteiger partial charge in [0.05, 0.1) is 16.8 Å². The number of benzene rings is 1. The van der Waals surface area contributed by atoms with E-state index in [0.717, 1.165) is 17.8 Å². The summed E-state index contributed by atoms with van der Waals surface area (Å²) in [6.07, 6.45) is 0.979. The van der Waals surface area contributed by atoms with Crippen LogP contribution in [0.25, 0.3) is 0 Å². The maximum atomic E-state index is 11.9. The van der Waals surface area contributed by atoms with E-state index >= 15 is 0 Å². The van der Waals surface area contributed by atoms with Crippen molar-refractivity contribution in [2.75, 3.05) is 17.2 Å². The minimum absolute atomic E-state index is 0.0759. The van der Waals surface area contributed by atoms with Crippen molar-refractivity contribution < 1.29 is 4.79 Å². The van der Waals surface area contributed by atoms with E-state index in [4.69, 9.17) is 0 Å². The Morgan fingerprint density at radius 3 is 2.75 bits per heavy atom. The highest BCUT2D eigenvalue weighted by atomic mass is 16.2. The summed E-state index contributed by atoms with van der Waals surface area (Å²) in [5.74, 6) is 0.0759. The normalized spacial score (nSPS) is 18.1. The maximum Gasteiger partial charge on any atom is 0.231 e. The van der Waals surface area contributed by atoms with Gasteiger partial charge in [0.15, 0.2) is 0 Å². The lowest BCUT2D eigenvalue weighted by molar-refractivity contribution is -0.123. The van der Waals surface area contributed by atoms with Crippen LogP contribution >= 0.6 is 0 Å². The van der Waals surface area contributed by atoms with Gasteiger partial charge in [-0.2, -0.15) is 0 Å². The molecule has 1 amide bonds. The fourth-order valence-electron chi connectivity index (χ4n) is 1.76. The van der Waals surface area contributed by atoms with Gasteiger partial charge < -0.3 is 10.6 Å². The van der Waals surface area contributed by atoms with Crippen LogP contribution in [0.1, 0.15) is 26.3 Å². The van der Waals surface area contributed by atoms with Crippen LogP contribution in [0.15, 0.2) is 18.2 Å². The Labute approximate surface area is 96.2 Å². The Kier molecular flexibility index (Phi) is 2.62. The molecule has 0 unspecified atom stereocenters. The number of aryl methyl sites for hydroxylation is 1. The summed E-state index contributed by atoms with van der Waals surface area (Å²) in [7, 11) is 0. The van der Waals surface area contributed by atoms with Crippen LogP contribution in [0.3, 0.4) is 0 Å². The first-order chi connectivity index (χ1) is 7.53. The number of rotatable bonds is 1. The van der Waals surface area contributed by atoms with Crippen molar-refractivity contribution in [1.82, 2.24) is 0 Å². The van der Waals surface area contributed by atoms with Gasteiger partial charge in [0, 0.05) is 6.54 Å². The molecule has 1 aliphatic heterocycles. The summed E-state index contributed by atoms with van der Waals surface area (Å²) >= 11 is 0. The predicted octanol–water partition coefficient (Wildman–Crippen LogP) is 2.64. The number of carbonyl (C=O) groups excluding carboxylic acids is 1. The van der Waals surface area contributed by atoms with Crippen LogP contribution < -0.4 is 10.6 Å². The zero-order valence-electron chi connectivity index (χ0n) is 10.1. The highest BCUT2D eigenvalue weighted by molar-refractivity contribution is 5.99. The minimum Gasteiger partial charge on any atom is -0.382 e. The van der Waals surface area contributed by atoms with Gasteiger partial charge in [0.2, 0.25) is 5.91 Å². The Hall–Kier alpha value is -1.51. The van der Waals surface area contributed by atoms with Crippen molar-refractivity contribution in [3.8, 4) is 0 Å². The van der Waals surface area contributed by atoms with Crippen LogP contribution in [0, 0.1) is 5.41 Å². The van der Waals surface area contributed by atoms with Crippen molar-refractivity contribution in [2.24, 2.45) is 5.41 Å². The fourth-order valence-corrected chi connectivity index (χ4v) is 1.76. The lowest BCUT2D eigenvalue weighted by Gasteiger charge is -2.19. The first-order valence-electron chi connectivity index (χ1n) is 5.71. The van der Waals surface area contributed by atoms with Gasteiger partial charge in [0.25, 0.3) is 0 Å².